The standard InChI is InChI=1S/C15H13F3N2O2S/c16-15(17,18)13-7-19-14(23-13)20-5-1-2-10(20)9-3-4-11-12(6-9)22-8-21-11/h3-4,6-7,10H,1-2,5,8H2. The molecule has 1 atom stereocenters. The highest BCUT2D eigenvalue weighted by Gasteiger charge is 2.36. The maximum Gasteiger partial charge on any atom is 0.427 e. The van der Waals surface area contributed by atoms with Gasteiger partial charge in [0.15, 0.2) is 16.6 Å². The first-order valence-corrected chi connectivity index (χ1v) is 8.03. The lowest BCUT2D eigenvalue weighted by molar-refractivity contribution is -0.134. The molecule has 1 fully saturated rings. The van der Waals surface area contributed by atoms with Crippen LogP contribution in [0, 0.1) is 0 Å². The number of aromatic nitrogens is 1. The summed E-state index contributed by atoms with van der Waals surface area (Å²) < 4.78 is 49.0. The number of benzene rings is 1. The highest BCUT2D eigenvalue weighted by molar-refractivity contribution is 7.15. The van der Waals surface area contributed by atoms with Crippen LogP contribution in [0.2, 0.25) is 0 Å². The van der Waals surface area contributed by atoms with E-state index in [9.17, 15) is 13.2 Å². The summed E-state index contributed by atoms with van der Waals surface area (Å²) in [6, 6.07) is 5.70. The summed E-state index contributed by atoms with van der Waals surface area (Å²) in [6.07, 6.45) is -1.64. The third-order valence-corrected chi connectivity index (χ3v) is 5.13. The molecule has 3 heterocycles. The van der Waals surface area contributed by atoms with E-state index >= 15 is 0 Å². The van der Waals surface area contributed by atoms with Crippen molar-refractivity contribution in [3.63, 3.8) is 0 Å². The van der Waals surface area contributed by atoms with Crippen LogP contribution in [0.3, 0.4) is 0 Å². The predicted molar refractivity (Wildman–Crippen MR) is 79.0 cm³/mol. The van der Waals surface area contributed by atoms with Crippen LogP contribution in [-0.2, 0) is 6.18 Å². The lowest BCUT2D eigenvalue weighted by atomic mass is 10.0. The van der Waals surface area contributed by atoms with E-state index < -0.39 is 11.1 Å². The Bertz CT molecular complexity index is 732. The van der Waals surface area contributed by atoms with E-state index in [-0.39, 0.29) is 12.8 Å². The van der Waals surface area contributed by atoms with E-state index in [2.05, 4.69) is 4.98 Å². The van der Waals surface area contributed by atoms with Crippen LogP contribution in [0.15, 0.2) is 24.4 Å². The van der Waals surface area contributed by atoms with Crippen molar-refractivity contribution >= 4 is 16.5 Å². The van der Waals surface area contributed by atoms with Crippen LogP contribution in [0.25, 0.3) is 0 Å². The Balaban J connectivity index is 1.63. The van der Waals surface area contributed by atoms with Gasteiger partial charge in [0.05, 0.1) is 12.2 Å². The van der Waals surface area contributed by atoms with Crippen molar-refractivity contribution in [2.75, 3.05) is 18.2 Å². The highest BCUT2D eigenvalue weighted by Crippen LogP contribution is 2.43. The second-order valence-corrected chi connectivity index (χ2v) is 6.48. The molecule has 4 rings (SSSR count). The molecule has 1 saturated heterocycles. The minimum Gasteiger partial charge on any atom is -0.454 e. The normalized spacial score (nSPS) is 20.3. The molecule has 2 aliphatic rings. The van der Waals surface area contributed by atoms with Crippen molar-refractivity contribution < 1.29 is 22.6 Å². The average Bonchev–Trinajstić information content (AvgIpc) is 3.24. The van der Waals surface area contributed by atoms with Crippen molar-refractivity contribution in [1.29, 1.82) is 0 Å². The van der Waals surface area contributed by atoms with Crippen LogP contribution in [-0.4, -0.2) is 18.3 Å². The molecule has 0 N–H and O–H groups in total. The first-order chi connectivity index (χ1) is 11.0. The van der Waals surface area contributed by atoms with Crippen molar-refractivity contribution in [1.82, 2.24) is 4.98 Å². The molecule has 0 bridgehead atoms. The van der Waals surface area contributed by atoms with E-state index in [0.717, 1.165) is 24.6 Å². The summed E-state index contributed by atoms with van der Waals surface area (Å²) in [5.74, 6) is 1.39. The third kappa shape index (κ3) is 2.60. The summed E-state index contributed by atoms with van der Waals surface area (Å²) in [7, 11) is 0. The second kappa shape index (κ2) is 5.30. The van der Waals surface area contributed by atoms with E-state index in [1.54, 1.807) is 0 Å². The van der Waals surface area contributed by atoms with E-state index in [0.29, 0.717) is 34.5 Å². The number of thiazole rings is 1. The van der Waals surface area contributed by atoms with Gasteiger partial charge in [0, 0.05) is 6.54 Å². The number of fused-ring (bicyclic) bond motifs is 1. The Kier molecular flexibility index (Phi) is 3.37. The van der Waals surface area contributed by atoms with Crippen LogP contribution in [0.5, 0.6) is 11.5 Å². The van der Waals surface area contributed by atoms with Gasteiger partial charge < -0.3 is 14.4 Å². The monoisotopic (exact) mass is 342 g/mol. The zero-order valence-corrected chi connectivity index (χ0v) is 12.8. The molecule has 1 aromatic heterocycles. The fourth-order valence-corrected chi connectivity index (χ4v) is 3.85. The summed E-state index contributed by atoms with van der Waals surface area (Å²) >= 11 is 0.695. The van der Waals surface area contributed by atoms with Crippen LogP contribution >= 0.6 is 11.3 Å². The smallest absolute Gasteiger partial charge is 0.427 e. The van der Waals surface area contributed by atoms with E-state index in [1.807, 2.05) is 23.1 Å². The fraction of sp³-hybridized carbons (Fsp3) is 0.400. The predicted octanol–water partition coefficient (Wildman–Crippen LogP) is 4.23. The molecule has 0 radical (unpaired) electrons. The number of hydrogen-bond acceptors (Lipinski definition) is 5. The quantitative estimate of drug-likeness (QED) is 0.818. The van der Waals surface area contributed by atoms with Gasteiger partial charge in [0.1, 0.15) is 4.88 Å². The van der Waals surface area contributed by atoms with Crippen LogP contribution in [0.1, 0.15) is 29.3 Å². The molecule has 0 saturated carbocycles. The molecule has 4 nitrogen and oxygen atoms in total. The molecular weight excluding hydrogens is 329 g/mol. The molecular formula is C15H13F3N2O2S. The highest BCUT2D eigenvalue weighted by atomic mass is 32.1. The van der Waals surface area contributed by atoms with Crippen molar-refractivity contribution in [2.45, 2.75) is 25.1 Å². The first-order valence-electron chi connectivity index (χ1n) is 7.21. The largest absolute Gasteiger partial charge is 0.454 e. The topological polar surface area (TPSA) is 34.6 Å². The molecule has 2 aliphatic heterocycles. The van der Waals surface area contributed by atoms with E-state index in [1.165, 1.54) is 0 Å². The minimum atomic E-state index is -4.34. The van der Waals surface area contributed by atoms with Crippen LogP contribution < -0.4 is 14.4 Å². The number of hydrogen-bond donors (Lipinski definition) is 0. The SMILES string of the molecule is FC(F)(F)c1cnc(N2CCCC2c2ccc3c(c2)OCO3)s1. The lowest BCUT2D eigenvalue weighted by Crippen LogP contribution is -2.22. The average molecular weight is 342 g/mol. The fourth-order valence-electron chi connectivity index (χ4n) is 2.99. The number of rotatable bonds is 2. The number of halogens is 3. The molecule has 1 unspecified atom stereocenters. The van der Waals surface area contributed by atoms with Crippen molar-refractivity contribution in [3.8, 4) is 11.5 Å². The first kappa shape index (κ1) is 14.6. The molecule has 23 heavy (non-hydrogen) atoms. The molecule has 1 aromatic carbocycles. The molecule has 8 heteroatoms. The van der Waals surface area contributed by atoms with Crippen molar-refractivity contribution in [3.05, 3.63) is 34.8 Å². The summed E-state index contributed by atoms with van der Waals surface area (Å²) in [5, 5.41) is 0.414. The summed E-state index contributed by atoms with van der Waals surface area (Å²) in [5.41, 5.74) is 1.01. The zero-order valence-electron chi connectivity index (χ0n) is 12.0. The third-order valence-electron chi connectivity index (χ3n) is 4.05. The lowest BCUT2D eigenvalue weighted by Gasteiger charge is -2.24. The Morgan fingerprint density at radius 3 is 2.83 bits per heavy atom. The molecule has 2 aromatic rings. The maximum atomic E-state index is 12.8. The molecule has 0 aliphatic carbocycles. The second-order valence-electron chi connectivity index (χ2n) is 5.47. The minimum absolute atomic E-state index is 0.0109. The molecule has 0 amide bonds. The summed E-state index contributed by atoms with van der Waals surface area (Å²) in [6.45, 7) is 0.901. The number of anilines is 1. The van der Waals surface area contributed by atoms with Gasteiger partial charge in [-0.25, -0.2) is 4.98 Å². The van der Waals surface area contributed by atoms with Gasteiger partial charge in [0.25, 0.3) is 0 Å². The van der Waals surface area contributed by atoms with Crippen molar-refractivity contribution in [2.24, 2.45) is 0 Å². The van der Waals surface area contributed by atoms with Gasteiger partial charge in [-0.2, -0.15) is 13.2 Å². The number of alkyl halides is 3. The van der Waals surface area contributed by atoms with Gasteiger partial charge in [-0.05, 0) is 30.5 Å². The van der Waals surface area contributed by atoms with Gasteiger partial charge >= 0.3 is 6.18 Å². The van der Waals surface area contributed by atoms with Gasteiger partial charge in [-0.3, -0.25) is 0 Å². The van der Waals surface area contributed by atoms with E-state index in [4.69, 9.17) is 9.47 Å². The Morgan fingerprint density at radius 1 is 1.22 bits per heavy atom. The summed E-state index contributed by atoms with van der Waals surface area (Å²) in [4.78, 5) is 5.26. The Labute approximate surface area is 134 Å². The van der Waals surface area contributed by atoms with Crippen LogP contribution in [0.4, 0.5) is 18.3 Å². The number of ether oxygens (including phenoxy) is 2. The molecule has 122 valence electrons. The Hall–Kier alpha value is -1.96. The maximum absolute atomic E-state index is 12.8. The Morgan fingerprint density at radius 2 is 2.04 bits per heavy atom. The number of nitrogens with zero attached hydrogens (tertiary/aromatic N) is 2. The van der Waals surface area contributed by atoms with Gasteiger partial charge in [-0.1, -0.05) is 17.4 Å². The van der Waals surface area contributed by atoms with Gasteiger partial charge in [-0.15, -0.1) is 0 Å². The molecule has 0 spiro atoms. The zero-order chi connectivity index (χ0) is 16.0. The van der Waals surface area contributed by atoms with Gasteiger partial charge in [0.2, 0.25) is 6.79 Å².